The van der Waals surface area contributed by atoms with Crippen molar-refractivity contribution in [2.75, 3.05) is 13.1 Å². The lowest BCUT2D eigenvalue weighted by molar-refractivity contribution is -0.192. The number of carboxylic acid groups (broad SMARTS) is 1. The van der Waals surface area contributed by atoms with Crippen LogP contribution in [0.3, 0.4) is 0 Å². The number of carboxylic acids is 1. The molecule has 2 atom stereocenters. The molecule has 13 nitrogen and oxygen atoms in total. The Morgan fingerprint density at radius 1 is 1.15 bits per heavy atom. The molecule has 0 spiro atoms. The number of urea groups is 1. The molecule has 4 rings (SSSR count). The summed E-state index contributed by atoms with van der Waals surface area (Å²) in [4.78, 5) is 43.3. The predicted molar refractivity (Wildman–Crippen MR) is 134 cm³/mol. The topological polar surface area (TPSA) is 204 Å². The Hall–Kier alpha value is -4.25. The van der Waals surface area contributed by atoms with Gasteiger partial charge in [-0.2, -0.15) is 13.2 Å². The van der Waals surface area contributed by atoms with Gasteiger partial charge >= 0.3 is 18.2 Å². The van der Waals surface area contributed by atoms with E-state index in [0.717, 1.165) is 4.90 Å². The molecule has 0 saturated carbocycles. The van der Waals surface area contributed by atoms with Gasteiger partial charge in [0.1, 0.15) is 5.54 Å². The maximum atomic E-state index is 14.1. The summed E-state index contributed by atoms with van der Waals surface area (Å²) in [5.41, 5.74) is 9.91. The second-order valence-corrected chi connectivity index (χ2v) is 10.7. The maximum absolute atomic E-state index is 14.1. The zero-order valence-electron chi connectivity index (χ0n) is 20.8. The van der Waals surface area contributed by atoms with Gasteiger partial charge in [0.25, 0.3) is 0 Å². The summed E-state index contributed by atoms with van der Waals surface area (Å²) < 4.78 is 61.7. The van der Waals surface area contributed by atoms with Gasteiger partial charge < -0.3 is 26.0 Å². The molecule has 3 heterocycles. The first kappa shape index (κ1) is 30.3. The number of hydrogen-bond acceptors (Lipinski definition) is 8. The lowest BCUT2D eigenvalue weighted by Crippen LogP contribution is -2.75. The highest BCUT2D eigenvalue weighted by Gasteiger charge is 2.57. The molecule has 0 radical (unpaired) electrons. The second-order valence-electron chi connectivity index (χ2n) is 8.73. The number of fused-ring (bicyclic) bond motifs is 1. The molecule has 1 saturated heterocycles. The number of benzene rings is 1. The van der Waals surface area contributed by atoms with E-state index in [1.807, 2.05) is 4.57 Å². The van der Waals surface area contributed by atoms with E-state index in [1.54, 1.807) is 43.0 Å². The first-order chi connectivity index (χ1) is 18.7. The van der Waals surface area contributed by atoms with Gasteiger partial charge in [0.15, 0.2) is 5.37 Å². The summed E-state index contributed by atoms with van der Waals surface area (Å²) in [6.07, 6.45) is 1.87. The molecule has 6 N–H and O–H groups in total. The monoisotopic (exact) mass is 585 g/mol. The number of alkyl halides is 3. The molecule has 2 unspecified atom stereocenters. The van der Waals surface area contributed by atoms with Crippen LogP contribution in [0.4, 0.5) is 18.0 Å². The van der Waals surface area contributed by atoms with Gasteiger partial charge in [-0.3, -0.25) is 15.1 Å². The Bertz CT molecular complexity index is 1480. The van der Waals surface area contributed by atoms with Gasteiger partial charge in [-0.05, 0) is 25.0 Å². The number of para-hydroxylation sites is 1. The van der Waals surface area contributed by atoms with E-state index >= 15 is 0 Å². The number of carbonyl (C=O) groups excluding carboxylic acids is 2. The maximum Gasteiger partial charge on any atom is 0.490 e. The summed E-state index contributed by atoms with van der Waals surface area (Å²) in [5.74, 6) is -3.63. The average molecular weight is 586 g/mol. The van der Waals surface area contributed by atoms with Gasteiger partial charge in [-0.15, -0.1) is 0 Å². The number of pyridine rings is 1. The van der Waals surface area contributed by atoms with E-state index in [-0.39, 0.29) is 29.9 Å². The first-order valence-electron chi connectivity index (χ1n) is 11.7. The normalized spacial score (nSPS) is 19.5. The van der Waals surface area contributed by atoms with E-state index in [0.29, 0.717) is 18.4 Å². The van der Waals surface area contributed by atoms with Crippen molar-refractivity contribution < 1.29 is 41.1 Å². The van der Waals surface area contributed by atoms with Gasteiger partial charge in [0, 0.05) is 43.6 Å². The number of sulfone groups is 1. The van der Waals surface area contributed by atoms with Gasteiger partial charge in [0.05, 0.1) is 16.7 Å². The summed E-state index contributed by atoms with van der Waals surface area (Å²) in [6, 6.07) is 7.22. The Morgan fingerprint density at radius 3 is 2.40 bits per heavy atom. The van der Waals surface area contributed by atoms with Crippen molar-refractivity contribution in [2.24, 2.45) is 11.5 Å². The molecule has 1 aliphatic heterocycles. The van der Waals surface area contributed by atoms with Crippen LogP contribution < -0.4 is 16.8 Å². The van der Waals surface area contributed by atoms with Crippen LogP contribution in [0.25, 0.3) is 10.9 Å². The number of piperazine rings is 1. The van der Waals surface area contributed by atoms with Crippen LogP contribution >= 0.6 is 0 Å². The fraction of sp³-hybridized carbons (Fsp3) is 0.348. The molecule has 1 fully saturated rings. The lowest BCUT2D eigenvalue weighted by Gasteiger charge is -2.47. The molecule has 1 aliphatic rings. The summed E-state index contributed by atoms with van der Waals surface area (Å²) in [6.45, 7) is 0.653. The van der Waals surface area contributed by atoms with E-state index in [1.165, 1.54) is 12.3 Å². The van der Waals surface area contributed by atoms with Crippen molar-refractivity contribution in [1.29, 1.82) is 0 Å². The number of hydrogen-bond donors (Lipinski definition) is 4. The molecule has 3 amide bonds. The standard InChI is InChI=1S/C21H25N7O4S.C2HF3O2/c22-18(29)21(7-3-11-27-12-9-24-14-27)19(28(20(23)30)13-10-26-21)33(31,32)16-6-1-4-15-5-2-8-25-17(15)16;3-2(4,5)1(6)7/h1-2,4-6,8-9,12,14,19,26H,3,7,10-11,13H2,(H2,22,29)(H2,23,30);(H,6,7). The minimum Gasteiger partial charge on any atom is -0.475 e. The van der Waals surface area contributed by atoms with Crippen molar-refractivity contribution in [1.82, 2.24) is 24.8 Å². The third kappa shape index (κ3) is 6.31. The van der Waals surface area contributed by atoms with Crippen LogP contribution in [0, 0.1) is 0 Å². The van der Waals surface area contributed by atoms with Crippen LogP contribution in [0.1, 0.15) is 12.8 Å². The van der Waals surface area contributed by atoms with Crippen LogP contribution in [0.2, 0.25) is 0 Å². The van der Waals surface area contributed by atoms with E-state index < -0.39 is 44.8 Å². The zero-order valence-corrected chi connectivity index (χ0v) is 21.6. The molecule has 17 heteroatoms. The number of aliphatic carboxylic acids is 1. The number of nitrogens with two attached hydrogens (primary N) is 2. The Kier molecular flexibility index (Phi) is 8.99. The molecule has 2 aromatic heterocycles. The van der Waals surface area contributed by atoms with Gasteiger partial charge in [0.2, 0.25) is 15.7 Å². The predicted octanol–water partition coefficient (Wildman–Crippen LogP) is 0.853. The van der Waals surface area contributed by atoms with E-state index in [2.05, 4.69) is 15.3 Å². The van der Waals surface area contributed by atoms with Gasteiger partial charge in [-0.1, -0.05) is 18.2 Å². The SMILES string of the molecule is NC(=O)N1CCNC(CCCn2ccnc2)(C(N)=O)C1S(=O)(=O)c1cccc2cccnc12.O=C(O)C(F)(F)F. The molecule has 216 valence electrons. The van der Waals surface area contributed by atoms with Crippen molar-refractivity contribution in [3.8, 4) is 0 Å². The summed E-state index contributed by atoms with van der Waals surface area (Å²) in [7, 11) is -4.34. The minimum absolute atomic E-state index is 0.00791. The van der Waals surface area contributed by atoms with E-state index in [4.69, 9.17) is 21.4 Å². The molecule has 0 aliphatic carbocycles. The van der Waals surface area contributed by atoms with Crippen molar-refractivity contribution >= 4 is 38.6 Å². The molecular weight excluding hydrogens is 559 g/mol. The smallest absolute Gasteiger partial charge is 0.475 e. The largest absolute Gasteiger partial charge is 0.490 e. The number of imidazole rings is 1. The zero-order chi connectivity index (χ0) is 29.7. The van der Waals surface area contributed by atoms with E-state index in [9.17, 15) is 31.2 Å². The Morgan fingerprint density at radius 2 is 1.82 bits per heavy atom. The Labute approximate surface area is 225 Å². The van der Waals surface area contributed by atoms with Crippen LogP contribution in [-0.4, -0.2) is 81.0 Å². The number of aryl methyl sites for hydroxylation is 1. The number of nitrogens with one attached hydrogen (secondary N) is 1. The summed E-state index contributed by atoms with van der Waals surface area (Å²) >= 11 is 0. The Balaban J connectivity index is 0.000000559. The van der Waals surface area contributed by atoms with Crippen molar-refractivity contribution in [2.45, 2.75) is 41.4 Å². The number of primary amides is 2. The molecule has 3 aromatic rings. The van der Waals surface area contributed by atoms with Crippen LogP contribution in [0.5, 0.6) is 0 Å². The molecule has 1 aromatic carbocycles. The third-order valence-corrected chi connectivity index (χ3v) is 8.39. The van der Waals surface area contributed by atoms with Crippen LogP contribution in [0.15, 0.2) is 60.1 Å². The third-order valence-electron chi connectivity index (χ3n) is 6.21. The minimum atomic E-state index is -5.08. The number of amides is 3. The fourth-order valence-electron chi connectivity index (χ4n) is 4.46. The lowest BCUT2D eigenvalue weighted by atomic mass is 9.89. The number of halogens is 3. The molecule has 40 heavy (non-hydrogen) atoms. The van der Waals surface area contributed by atoms with Crippen molar-refractivity contribution in [3.63, 3.8) is 0 Å². The fourth-order valence-corrected chi connectivity index (χ4v) is 6.80. The molecule has 0 bridgehead atoms. The number of rotatable bonds is 7. The molecular formula is C23H26F3N7O6S. The second kappa shape index (κ2) is 11.9. The highest BCUT2D eigenvalue weighted by Crippen LogP contribution is 2.35. The number of nitrogens with zero attached hydrogens (tertiary/aromatic N) is 4. The first-order valence-corrected chi connectivity index (χ1v) is 13.2. The van der Waals surface area contributed by atoms with Gasteiger partial charge in [-0.25, -0.2) is 23.0 Å². The van der Waals surface area contributed by atoms with Crippen molar-refractivity contribution in [3.05, 3.63) is 55.2 Å². The number of aromatic nitrogens is 3. The highest BCUT2D eigenvalue weighted by atomic mass is 32.2. The van der Waals surface area contributed by atoms with Crippen LogP contribution in [-0.2, 0) is 26.0 Å². The quantitative estimate of drug-likeness (QED) is 0.310. The number of carbonyl (C=O) groups is 3. The average Bonchev–Trinajstić information content (AvgIpc) is 3.41. The highest BCUT2D eigenvalue weighted by molar-refractivity contribution is 7.92. The summed E-state index contributed by atoms with van der Waals surface area (Å²) in [5, 5.41) is 9.12.